The highest BCUT2D eigenvalue weighted by Gasteiger charge is 2.43. The maximum absolute atomic E-state index is 14.0. The zero-order chi connectivity index (χ0) is 23.5. The van der Waals surface area contributed by atoms with Gasteiger partial charge in [-0.15, -0.1) is 0 Å². The number of aliphatic hydroxyl groups is 1. The molecule has 3 rings (SSSR count). The second-order valence-corrected chi connectivity index (χ2v) is 7.69. The Bertz CT molecular complexity index is 984. The van der Waals surface area contributed by atoms with E-state index >= 15 is 0 Å². The summed E-state index contributed by atoms with van der Waals surface area (Å²) in [5, 5.41) is 23.0. The van der Waals surface area contributed by atoms with E-state index in [2.05, 4.69) is 5.32 Å². The molecule has 0 bridgehead atoms. The molecule has 2 aromatic rings. The van der Waals surface area contributed by atoms with Crippen LogP contribution in [0.2, 0.25) is 0 Å². The molecule has 172 valence electrons. The van der Waals surface area contributed by atoms with Crippen molar-refractivity contribution in [1.29, 1.82) is 0 Å². The number of nitrogens with one attached hydrogen (secondary N) is 1. The van der Waals surface area contributed by atoms with Crippen molar-refractivity contribution in [1.82, 2.24) is 10.2 Å². The van der Waals surface area contributed by atoms with Gasteiger partial charge in [0.15, 0.2) is 5.60 Å². The molecule has 3 N–H and O–H groups in total. The quantitative estimate of drug-likeness (QED) is 0.578. The standard InChI is InChI=1S/C22H22F4N2O4/c23-18-9-8-16(22(24,25)26)11-14(18)13-27-19(29)21(32,15-5-2-1-3-6-15)12-17-7-4-10-28(17)20(30)31/h1-3,5-6,8-9,11,17,32H,4,7,10,12-13H2,(H,27,29)(H,30,31). The van der Waals surface area contributed by atoms with Crippen LogP contribution in [0.1, 0.15) is 36.0 Å². The van der Waals surface area contributed by atoms with E-state index in [0.717, 1.165) is 4.90 Å². The monoisotopic (exact) mass is 454 g/mol. The third-order valence-corrected chi connectivity index (χ3v) is 5.59. The Balaban J connectivity index is 1.85. The molecule has 2 amide bonds. The molecule has 1 heterocycles. The fourth-order valence-corrected chi connectivity index (χ4v) is 3.90. The number of carboxylic acid groups (broad SMARTS) is 1. The van der Waals surface area contributed by atoms with Gasteiger partial charge in [0.25, 0.3) is 5.91 Å². The minimum absolute atomic E-state index is 0.194. The number of benzene rings is 2. The van der Waals surface area contributed by atoms with Crippen molar-refractivity contribution in [3.05, 3.63) is 71.0 Å². The van der Waals surface area contributed by atoms with Gasteiger partial charge >= 0.3 is 12.3 Å². The van der Waals surface area contributed by atoms with Crippen molar-refractivity contribution in [2.24, 2.45) is 0 Å². The summed E-state index contributed by atoms with van der Waals surface area (Å²) < 4.78 is 52.8. The highest BCUT2D eigenvalue weighted by molar-refractivity contribution is 5.86. The first-order chi connectivity index (χ1) is 15.0. The van der Waals surface area contributed by atoms with Gasteiger partial charge in [0.05, 0.1) is 5.56 Å². The lowest BCUT2D eigenvalue weighted by Gasteiger charge is -2.32. The second kappa shape index (κ2) is 9.15. The van der Waals surface area contributed by atoms with Gasteiger partial charge in [-0.3, -0.25) is 4.79 Å². The molecule has 1 aliphatic heterocycles. The Morgan fingerprint density at radius 1 is 1.09 bits per heavy atom. The predicted molar refractivity (Wildman–Crippen MR) is 106 cm³/mol. The summed E-state index contributed by atoms with van der Waals surface area (Å²) in [5.41, 5.74) is -3.43. The summed E-state index contributed by atoms with van der Waals surface area (Å²) in [4.78, 5) is 25.6. The van der Waals surface area contributed by atoms with Gasteiger partial charge < -0.3 is 20.4 Å². The Morgan fingerprint density at radius 2 is 1.78 bits per heavy atom. The Hall–Kier alpha value is -3.14. The molecule has 0 aromatic heterocycles. The maximum atomic E-state index is 14.0. The fraction of sp³-hybridized carbons (Fsp3) is 0.364. The molecule has 2 aromatic carbocycles. The zero-order valence-corrected chi connectivity index (χ0v) is 16.9. The normalized spacial score (nSPS) is 18.3. The van der Waals surface area contributed by atoms with Crippen LogP contribution < -0.4 is 5.32 Å². The smallest absolute Gasteiger partial charge is 0.416 e. The van der Waals surface area contributed by atoms with Crippen LogP contribution in [0, 0.1) is 5.82 Å². The molecule has 0 aliphatic carbocycles. The number of carbonyl (C=O) groups excluding carboxylic acids is 1. The molecular formula is C22H22F4N2O4. The third kappa shape index (κ3) is 5.01. The summed E-state index contributed by atoms with van der Waals surface area (Å²) in [5.74, 6) is -1.90. The molecule has 0 saturated carbocycles. The zero-order valence-electron chi connectivity index (χ0n) is 16.9. The lowest BCUT2D eigenvalue weighted by molar-refractivity contribution is -0.143. The first kappa shape index (κ1) is 23.5. The van der Waals surface area contributed by atoms with Crippen molar-refractivity contribution in [2.45, 2.75) is 43.6 Å². The van der Waals surface area contributed by atoms with Gasteiger partial charge in [0.2, 0.25) is 0 Å². The van der Waals surface area contributed by atoms with E-state index in [0.29, 0.717) is 31.0 Å². The van der Waals surface area contributed by atoms with Crippen molar-refractivity contribution >= 4 is 12.0 Å². The van der Waals surface area contributed by atoms with Gasteiger partial charge in [0.1, 0.15) is 5.82 Å². The lowest BCUT2D eigenvalue weighted by atomic mass is 9.85. The number of alkyl halides is 3. The van der Waals surface area contributed by atoms with E-state index in [9.17, 15) is 37.4 Å². The summed E-state index contributed by atoms with van der Waals surface area (Å²) in [6.45, 7) is -0.320. The number of likely N-dealkylation sites (tertiary alicyclic amines) is 1. The SMILES string of the molecule is O=C(O)N1CCCC1CC(O)(C(=O)NCc1cc(C(F)(F)F)ccc1F)c1ccccc1. The number of nitrogens with zero attached hydrogens (tertiary/aromatic N) is 1. The molecule has 10 heteroatoms. The van der Waals surface area contributed by atoms with Crippen molar-refractivity contribution in [3.8, 4) is 0 Å². The summed E-state index contributed by atoms with van der Waals surface area (Å²) in [7, 11) is 0. The third-order valence-electron chi connectivity index (χ3n) is 5.59. The van der Waals surface area contributed by atoms with Crippen LogP contribution in [0.5, 0.6) is 0 Å². The Labute approximate surface area is 181 Å². The largest absolute Gasteiger partial charge is 0.465 e. The van der Waals surface area contributed by atoms with Gasteiger partial charge in [-0.2, -0.15) is 13.2 Å². The van der Waals surface area contributed by atoms with Crippen LogP contribution in [0.3, 0.4) is 0 Å². The van der Waals surface area contributed by atoms with Crippen LogP contribution in [0.25, 0.3) is 0 Å². The first-order valence-electron chi connectivity index (χ1n) is 9.94. The number of carbonyl (C=O) groups is 2. The summed E-state index contributed by atoms with van der Waals surface area (Å²) in [6, 6.07) is 9.05. The Morgan fingerprint density at radius 3 is 2.41 bits per heavy atom. The van der Waals surface area contributed by atoms with E-state index in [1.165, 1.54) is 12.1 Å². The molecule has 1 fully saturated rings. The minimum Gasteiger partial charge on any atom is -0.465 e. The molecule has 2 unspecified atom stereocenters. The van der Waals surface area contributed by atoms with Crippen LogP contribution in [0.4, 0.5) is 22.4 Å². The summed E-state index contributed by atoms with van der Waals surface area (Å²) >= 11 is 0. The van der Waals surface area contributed by atoms with Crippen LogP contribution in [0.15, 0.2) is 48.5 Å². The molecule has 0 spiro atoms. The first-order valence-corrected chi connectivity index (χ1v) is 9.94. The highest BCUT2D eigenvalue weighted by Crippen LogP contribution is 2.33. The van der Waals surface area contributed by atoms with Gasteiger partial charge in [-0.05, 0) is 36.6 Å². The van der Waals surface area contributed by atoms with Crippen LogP contribution in [-0.2, 0) is 23.1 Å². The van der Waals surface area contributed by atoms with Crippen LogP contribution in [-0.4, -0.2) is 39.7 Å². The van der Waals surface area contributed by atoms with E-state index in [4.69, 9.17) is 0 Å². The van der Waals surface area contributed by atoms with Crippen molar-refractivity contribution < 1.29 is 37.4 Å². The molecule has 0 radical (unpaired) electrons. The van der Waals surface area contributed by atoms with E-state index in [1.807, 2.05) is 0 Å². The number of rotatable bonds is 6. The highest BCUT2D eigenvalue weighted by atomic mass is 19.4. The molecular weight excluding hydrogens is 432 g/mol. The molecule has 6 nitrogen and oxygen atoms in total. The summed E-state index contributed by atoms with van der Waals surface area (Å²) in [6.07, 6.45) is -5.09. The van der Waals surface area contributed by atoms with E-state index in [1.54, 1.807) is 18.2 Å². The van der Waals surface area contributed by atoms with Gasteiger partial charge in [-0.1, -0.05) is 30.3 Å². The number of amides is 2. The van der Waals surface area contributed by atoms with E-state index in [-0.39, 0.29) is 18.5 Å². The number of halogens is 4. The lowest BCUT2D eigenvalue weighted by Crippen LogP contribution is -2.49. The molecule has 1 saturated heterocycles. The van der Waals surface area contributed by atoms with Crippen LogP contribution >= 0.6 is 0 Å². The Kier molecular flexibility index (Phi) is 6.73. The average molecular weight is 454 g/mol. The van der Waals surface area contributed by atoms with Gasteiger partial charge in [-0.25, -0.2) is 9.18 Å². The number of hydrogen-bond donors (Lipinski definition) is 3. The predicted octanol–water partition coefficient (Wildman–Crippen LogP) is 3.88. The minimum atomic E-state index is -4.68. The van der Waals surface area contributed by atoms with Crippen molar-refractivity contribution in [2.75, 3.05) is 6.54 Å². The molecule has 32 heavy (non-hydrogen) atoms. The average Bonchev–Trinajstić information content (AvgIpc) is 3.20. The molecule has 1 aliphatic rings. The maximum Gasteiger partial charge on any atom is 0.416 e. The van der Waals surface area contributed by atoms with Crippen molar-refractivity contribution in [3.63, 3.8) is 0 Å². The fourth-order valence-electron chi connectivity index (χ4n) is 3.90. The van der Waals surface area contributed by atoms with Gasteiger partial charge in [0, 0.05) is 31.1 Å². The topological polar surface area (TPSA) is 89.9 Å². The molecule has 2 atom stereocenters. The number of hydrogen-bond acceptors (Lipinski definition) is 3. The second-order valence-electron chi connectivity index (χ2n) is 7.69. The van der Waals surface area contributed by atoms with E-state index < -0.39 is 53.3 Å².